The Morgan fingerprint density at radius 2 is 2.10 bits per heavy atom. The fourth-order valence-electron chi connectivity index (χ4n) is 2.27. The van der Waals surface area contributed by atoms with E-state index < -0.39 is 9.84 Å². The Balaban J connectivity index is 1.95. The van der Waals surface area contributed by atoms with Crippen LogP contribution in [-0.4, -0.2) is 48.9 Å². The summed E-state index contributed by atoms with van der Waals surface area (Å²) in [5.74, 6) is 0.218. The van der Waals surface area contributed by atoms with Gasteiger partial charge in [0, 0.05) is 25.5 Å². The molecule has 1 aromatic rings. The maximum Gasteiger partial charge on any atom is 0.317 e. The summed E-state index contributed by atoms with van der Waals surface area (Å²) in [5, 5.41) is 2.86. The van der Waals surface area contributed by atoms with Crippen molar-refractivity contribution in [2.45, 2.75) is 25.4 Å². The van der Waals surface area contributed by atoms with Gasteiger partial charge in [-0.2, -0.15) is 0 Å². The van der Waals surface area contributed by atoms with Crippen LogP contribution in [0.1, 0.15) is 24.9 Å². The predicted molar refractivity (Wildman–Crippen MR) is 76.0 cm³/mol. The summed E-state index contributed by atoms with van der Waals surface area (Å²) < 4.78 is 22.9. The molecule has 0 aromatic carbocycles. The van der Waals surface area contributed by atoms with Crippen LogP contribution in [0.2, 0.25) is 0 Å². The molecule has 20 heavy (non-hydrogen) atoms. The highest BCUT2D eigenvalue weighted by atomic mass is 32.2. The Morgan fingerprint density at radius 3 is 2.65 bits per heavy atom. The number of hydrogen-bond acceptors (Lipinski definition) is 4. The molecule has 1 saturated heterocycles. The lowest BCUT2D eigenvalue weighted by molar-refractivity contribution is 0.192. The minimum atomic E-state index is -2.98. The van der Waals surface area contributed by atoms with E-state index in [1.807, 2.05) is 19.1 Å². The molecule has 1 aliphatic heterocycles. The van der Waals surface area contributed by atoms with Crippen LogP contribution in [0.3, 0.4) is 0 Å². The number of carbonyl (C=O) groups is 1. The second-order valence-electron chi connectivity index (χ2n) is 5.12. The van der Waals surface area contributed by atoms with Gasteiger partial charge in [0.25, 0.3) is 0 Å². The van der Waals surface area contributed by atoms with Gasteiger partial charge in [-0.1, -0.05) is 0 Å². The zero-order chi connectivity index (χ0) is 14.8. The summed E-state index contributed by atoms with van der Waals surface area (Å²) in [5.41, 5.74) is 0.959. The van der Waals surface area contributed by atoms with Crippen LogP contribution in [0.15, 0.2) is 24.5 Å². The highest BCUT2D eigenvalue weighted by Gasteiger charge is 2.33. The molecular weight excluding hydrogens is 278 g/mol. The second-order valence-corrected chi connectivity index (χ2v) is 7.35. The van der Waals surface area contributed by atoms with Crippen LogP contribution >= 0.6 is 0 Å². The monoisotopic (exact) mass is 297 g/mol. The van der Waals surface area contributed by atoms with Crippen LogP contribution in [0.25, 0.3) is 0 Å². The van der Waals surface area contributed by atoms with Crippen LogP contribution in [0.4, 0.5) is 4.79 Å². The fourth-order valence-corrected chi connectivity index (χ4v) is 4.04. The minimum absolute atomic E-state index is 0.0561. The summed E-state index contributed by atoms with van der Waals surface area (Å²) >= 11 is 0. The first-order chi connectivity index (χ1) is 9.39. The third kappa shape index (κ3) is 3.47. The summed E-state index contributed by atoms with van der Waals surface area (Å²) in [6.45, 7) is 1.88. The van der Waals surface area contributed by atoms with Crippen molar-refractivity contribution in [3.05, 3.63) is 30.1 Å². The van der Waals surface area contributed by atoms with Crippen LogP contribution in [0, 0.1) is 0 Å². The molecule has 2 atom stereocenters. The first-order valence-electron chi connectivity index (χ1n) is 6.53. The molecule has 110 valence electrons. The van der Waals surface area contributed by atoms with Crippen LogP contribution < -0.4 is 5.32 Å². The molecule has 1 aliphatic rings. The van der Waals surface area contributed by atoms with E-state index in [0.717, 1.165) is 5.56 Å². The minimum Gasteiger partial charge on any atom is -0.331 e. The molecule has 1 N–H and O–H groups in total. The number of sulfone groups is 1. The molecule has 2 amide bonds. The lowest BCUT2D eigenvalue weighted by Gasteiger charge is -2.26. The average Bonchev–Trinajstić information content (AvgIpc) is 2.79. The van der Waals surface area contributed by atoms with Gasteiger partial charge in [-0.15, -0.1) is 0 Å². The fraction of sp³-hybridized carbons (Fsp3) is 0.538. The molecule has 7 heteroatoms. The number of rotatable bonds is 3. The number of aromatic nitrogens is 1. The third-order valence-corrected chi connectivity index (χ3v) is 5.37. The van der Waals surface area contributed by atoms with Gasteiger partial charge in [0.1, 0.15) is 0 Å². The molecule has 1 fully saturated rings. The van der Waals surface area contributed by atoms with Crippen molar-refractivity contribution in [1.82, 2.24) is 15.2 Å². The number of nitrogens with one attached hydrogen (secondary N) is 1. The molecule has 6 nitrogen and oxygen atoms in total. The number of amides is 2. The Kier molecular flexibility index (Phi) is 4.27. The number of urea groups is 1. The summed E-state index contributed by atoms with van der Waals surface area (Å²) in [4.78, 5) is 17.5. The highest BCUT2D eigenvalue weighted by molar-refractivity contribution is 7.91. The highest BCUT2D eigenvalue weighted by Crippen LogP contribution is 2.17. The summed E-state index contributed by atoms with van der Waals surface area (Å²) in [6.07, 6.45) is 3.85. The number of nitrogens with zero attached hydrogens (tertiary/aromatic N) is 2. The van der Waals surface area contributed by atoms with Crippen LogP contribution in [-0.2, 0) is 9.84 Å². The molecule has 0 aliphatic carbocycles. The van der Waals surface area contributed by atoms with Gasteiger partial charge in [-0.25, -0.2) is 13.2 Å². The zero-order valence-electron chi connectivity index (χ0n) is 11.6. The smallest absolute Gasteiger partial charge is 0.317 e. The van der Waals surface area contributed by atoms with Crippen molar-refractivity contribution in [2.75, 3.05) is 18.6 Å². The normalized spacial score (nSPS) is 22.2. The predicted octanol–water partition coefficient (Wildman–Crippen LogP) is 0.971. The first kappa shape index (κ1) is 14.8. The van der Waals surface area contributed by atoms with Gasteiger partial charge in [0.05, 0.1) is 17.5 Å². The van der Waals surface area contributed by atoms with Crippen molar-refractivity contribution in [3.63, 3.8) is 0 Å². The van der Waals surface area contributed by atoms with E-state index in [2.05, 4.69) is 10.3 Å². The SMILES string of the molecule is C[C@H](NC(=O)N(C)[C@@H]1CCS(=O)(=O)C1)c1ccncc1. The van der Waals surface area contributed by atoms with E-state index >= 15 is 0 Å². The standard InChI is InChI=1S/C13H19N3O3S/c1-10(11-3-6-14-7-4-11)15-13(17)16(2)12-5-8-20(18,19)9-12/h3-4,6-7,10,12H,5,8-9H2,1-2H3,(H,15,17)/t10-,12+/m0/s1. The van der Waals surface area contributed by atoms with Crippen molar-refractivity contribution in [1.29, 1.82) is 0 Å². The van der Waals surface area contributed by atoms with E-state index in [1.54, 1.807) is 19.4 Å². The first-order valence-corrected chi connectivity index (χ1v) is 8.35. The Labute approximate surface area is 119 Å². The van der Waals surface area contributed by atoms with E-state index in [1.165, 1.54) is 4.90 Å². The van der Waals surface area contributed by atoms with Gasteiger partial charge in [-0.05, 0) is 31.0 Å². The molecule has 0 radical (unpaired) electrons. The van der Waals surface area contributed by atoms with Gasteiger partial charge in [-0.3, -0.25) is 4.98 Å². The van der Waals surface area contributed by atoms with E-state index in [-0.39, 0.29) is 29.6 Å². The number of pyridine rings is 1. The molecule has 0 bridgehead atoms. The molecule has 1 aromatic heterocycles. The van der Waals surface area contributed by atoms with Gasteiger partial charge in [0.2, 0.25) is 0 Å². The largest absolute Gasteiger partial charge is 0.331 e. The number of carbonyl (C=O) groups excluding carboxylic acids is 1. The zero-order valence-corrected chi connectivity index (χ0v) is 12.4. The van der Waals surface area contributed by atoms with Crippen molar-refractivity contribution < 1.29 is 13.2 Å². The Morgan fingerprint density at radius 1 is 1.45 bits per heavy atom. The lowest BCUT2D eigenvalue weighted by Crippen LogP contribution is -2.44. The number of hydrogen-bond donors (Lipinski definition) is 1. The molecular formula is C13H19N3O3S. The quantitative estimate of drug-likeness (QED) is 0.901. The Hall–Kier alpha value is -1.63. The lowest BCUT2D eigenvalue weighted by atomic mass is 10.1. The molecule has 2 heterocycles. The molecule has 0 spiro atoms. The second kappa shape index (κ2) is 5.78. The third-order valence-electron chi connectivity index (χ3n) is 3.62. The van der Waals surface area contributed by atoms with E-state index in [0.29, 0.717) is 6.42 Å². The summed E-state index contributed by atoms with van der Waals surface area (Å²) in [6, 6.07) is 3.04. The molecule has 2 rings (SSSR count). The van der Waals surface area contributed by atoms with Crippen molar-refractivity contribution in [2.24, 2.45) is 0 Å². The molecule has 0 unspecified atom stereocenters. The van der Waals surface area contributed by atoms with Crippen LogP contribution in [0.5, 0.6) is 0 Å². The topological polar surface area (TPSA) is 79.4 Å². The van der Waals surface area contributed by atoms with Crippen molar-refractivity contribution >= 4 is 15.9 Å². The van der Waals surface area contributed by atoms with Gasteiger partial charge in [0.15, 0.2) is 9.84 Å². The maximum absolute atomic E-state index is 12.1. The van der Waals surface area contributed by atoms with E-state index in [9.17, 15) is 13.2 Å². The van der Waals surface area contributed by atoms with Gasteiger partial charge < -0.3 is 10.2 Å². The van der Waals surface area contributed by atoms with Crippen molar-refractivity contribution in [3.8, 4) is 0 Å². The Bertz CT molecular complexity index is 574. The van der Waals surface area contributed by atoms with E-state index in [4.69, 9.17) is 0 Å². The molecule has 0 saturated carbocycles. The summed E-state index contributed by atoms with van der Waals surface area (Å²) in [7, 11) is -1.35. The average molecular weight is 297 g/mol. The maximum atomic E-state index is 12.1. The van der Waals surface area contributed by atoms with Gasteiger partial charge >= 0.3 is 6.03 Å².